The molecule has 0 bridgehead atoms. The molecule has 5 nitrogen and oxygen atoms in total. The molecule has 6 heteroatoms. The number of halogens is 1. The second-order valence-electron chi connectivity index (χ2n) is 3.27. The summed E-state index contributed by atoms with van der Waals surface area (Å²) in [7, 11) is 0. The number of nitrogens with zero attached hydrogens (tertiary/aromatic N) is 2. The highest BCUT2D eigenvalue weighted by Gasteiger charge is 2.05. The van der Waals surface area contributed by atoms with Crippen LogP contribution in [0.4, 0.5) is 10.2 Å². The van der Waals surface area contributed by atoms with Gasteiger partial charge < -0.3 is 10.2 Å². The minimum atomic E-state index is -0.303. The Morgan fingerprint density at radius 1 is 1.29 bits per heavy atom. The number of nitrogen functional groups attached to an aromatic ring is 1. The second-order valence-corrected chi connectivity index (χ2v) is 3.27. The van der Waals surface area contributed by atoms with Gasteiger partial charge in [-0.3, -0.25) is 0 Å². The van der Waals surface area contributed by atoms with Gasteiger partial charge in [-0.2, -0.15) is 0 Å². The van der Waals surface area contributed by atoms with Crippen molar-refractivity contribution in [1.82, 2.24) is 9.97 Å². The normalized spacial score (nSPS) is 10.0. The maximum Gasteiger partial charge on any atom is 0.259 e. The first-order chi connectivity index (χ1) is 8.29. The van der Waals surface area contributed by atoms with Crippen molar-refractivity contribution in [2.45, 2.75) is 6.61 Å². The molecule has 1 heterocycles. The number of nitrogens with two attached hydrogens (primary N) is 1. The number of benzene rings is 1. The largest absolute Gasteiger partial charge is 0.470 e. The van der Waals surface area contributed by atoms with Crippen molar-refractivity contribution < 1.29 is 9.13 Å². The maximum absolute atomic E-state index is 12.9. The van der Waals surface area contributed by atoms with Crippen LogP contribution in [0.5, 0.6) is 5.88 Å². The lowest BCUT2D eigenvalue weighted by atomic mass is 10.2. The van der Waals surface area contributed by atoms with Gasteiger partial charge in [0.25, 0.3) is 5.88 Å². The minimum Gasteiger partial charge on any atom is -0.470 e. The van der Waals surface area contributed by atoms with E-state index in [9.17, 15) is 4.39 Å². The van der Waals surface area contributed by atoms with Crippen LogP contribution >= 0.6 is 0 Å². The zero-order chi connectivity index (χ0) is 12.1. The zero-order valence-corrected chi connectivity index (χ0v) is 8.93. The summed E-state index contributed by atoms with van der Waals surface area (Å²) in [6, 6.07) is 6.15. The van der Waals surface area contributed by atoms with Gasteiger partial charge in [0.05, 0.1) is 0 Å². The van der Waals surface area contributed by atoms with Crippen molar-refractivity contribution in [2.75, 3.05) is 5.43 Å². The van der Waals surface area contributed by atoms with E-state index in [1.165, 1.54) is 24.5 Å². The van der Waals surface area contributed by atoms with Crippen molar-refractivity contribution in [3.05, 3.63) is 48.0 Å². The number of anilines is 1. The van der Waals surface area contributed by atoms with Gasteiger partial charge in [-0.05, 0) is 17.7 Å². The van der Waals surface area contributed by atoms with Crippen molar-refractivity contribution in [2.24, 2.45) is 5.84 Å². The molecule has 0 radical (unpaired) electrons. The molecule has 1 aromatic heterocycles. The van der Waals surface area contributed by atoms with E-state index in [0.29, 0.717) is 11.4 Å². The summed E-state index contributed by atoms with van der Waals surface area (Å²) >= 11 is 0. The van der Waals surface area contributed by atoms with Gasteiger partial charge in [0.15, 0.2) is 0 Å². The number of hydrazine groups is 1. The zero-order valence-electron chi connectivity index (χ0n) is 8.93. The highest BCUT2D eigenvalue weighted by Crippen LogP contribution is 2.17. The average molecular weight is 234 g/mol. The molecule has 17 heavy (non-hydrogen) atoms. The third-order valence-corrected chi connectivity index (χ3v) is 2.07. The van der Waals surface area contributed by atoms with E-state index in [-0.39, 0.29) is 18.3 Å². The fourth-order valence-corrected chi connectivity index (χ4v) is 1.31. The molecule has 0 saturated carbocycles. The Morgan fingerprint density at radius 2 is 2.12 bits per heavy atom. The van der Waals surface area contributed by atoms with Crippen molar-refractivity contribution >= 4 is 5.82 Å². The van der Waals surface area contributed by atoms with E-state index in [1.54, 1.807) is 12.1 Å². The lowest BCUT2D eigenvalue weighted by Gasteiger charge is -2.08. The van der Waals surface area contributed by atoms with E-state index in [0.717, 1.165) is 0 Å². The van der Waals surface area contributed by atoms with Crippen LogP contribution in [0.15, 0.2) is 36.7 Å². The molecule has 0 aliphatic carbocycles. The summed E-state index contributed by atoms with van der Waals surface area (Å²) in [5, 5.41) is 0. The molecule has 88 valence electrons. The molecule has 0 atom stereocenters. The average Bonchev–Trinajstić information content (AvgIpc) is 2.37. The smallest absolute Gasteiger partial charge is 0.259 e. The van der Waals surface area contributed by atoms with Gasteiger partial charge >= 0.3 is 0 Å². The molecule has 0 saturated heterocycles. The van der Waals surface area contributed by atoms with E-state index in [4.69, 9.17) is 10.6 Å². The summed E-state index contributed by atoms with van der Waals surface area (Å²) in [5.41, 5.74) is 3.08. The molecule has 1 aromatic carbocycles. The quantitative estimate of drug-likeness (QED) is 0.619. The first-order valence-corrected chi connectivity index (χ1v) is 4.94. The van der Waals surface area contributed by atoms with Gasteiger partial charge in [0.2, 0.25) is 5.82 Å². The van der Waals surface area contributed by atoms with Crippen LogP contribution in [-0.2, 0) is 6.61 Å². The molecular weight excluding hydrogens is 223 g/mol. The summed E-state index contributed by atoms with van der Waals surface area (Å²) in [6.45, 7) is 0.200. The molecule has 3 N–H and O–H groups in total. The Balaban J connectivity index is 2.07. The van der Waals surface area contributed by atoms with E-state index in [2.05, 4.69) is 15.4 Å². The van der Waals surface area contributed by atoms with Crippen molar-refractivity contribution in [3.63, 3.8) is 0 Å². The summed E-state index contributed by atoms with van der Waals surface area (Å²) in [6.07, 6.45) is 2.98. The van der Waals surface area contributed by atoms with Gasteiger partial charge in [0, 0.05) is 12.4 Å². The molecular formula is C11H11FN4O. The molecule has 0 fully saturated rings. The predicted molar refractivity (Wildman–Crippen MR) is 60.6 cm³/mol. The number of rotatable bonds is 4. The van der Waals surface area contributed by atoms with Crippen LogP contribution in [0.2, 0.25) is 0 Å². The third kappa shape index (κ3) is 2.88. The SMILES string of the molecule is NNc1nccnc1OCc1cccc(F)c1. The Hall–Kier alpha value is -2.21. The van der Waals surface area contributed by atoms with E-state index >= 15 is 0 Å². The van der Waals surface area contributed by atoms with Crippen LogP contribution in [0.3, 0.4) is 0 Å². The number of hydrogen-bond acceptors (Lipinski definition) is 5. The Morgan fingerprint density at radius 3 is 2.88 bits per heavy atom. The summed E-state index contributed by atoms with van der Waals surface area (Å²) < 4.78 is 18.3. The Kier molecular flexibility index (Phi) is 3.46. The first kappa shape index (κ1) is 11.3. The summed E-state index contributed by atoms with van der Waals surface area (Å²) in [4.78, 5) is 7.90. The van der Waals surface area contributed by atoms with Crippen molar-refractivity contribution in [3.8, 4) is 5.88 Å². The topological polar surface area (TPSA) is 73.1 Å². The maximum atomic E-state index is 12.9. The Labute approximate surface area is 97.4 Å². The fourth-order valence-electron chi connectivity index (χ4n) is 1.31. The highest BCUT2D eigenvalue weighted by molar-refractivity contribution is 5.43. The predicted octanol–water partition coefficient (Wildman–Crippen LogP) is 1.48. The molecule has 0 spiro atoms. The number of nitrogens with one attached hydrogen (secondary N) is 1. The van der Waals surface area contributed by atoms with Crippen LogP contribution < -0.4 is 16.0 Å². The van der Waals surface area contributed by atoms with Gasteiger partial charge in [0.1, 0.15) is 12.4 Å². The monoisotopic (exact) mass is 234 g/mol. The summed E-state index contributed by atoms with van der Waals surface area (Å²) in [5.74, 6) is 5.56. The van der Waals surface area contributed by atoms with Crippen molar-refractivity contribution in [1.29, 1.82) is 0 Å². The Bertz CT molecular complexity index is 506. The number of ether oxygens (including phenoxy) is 1. The molecule has 0 aliphatic rings. The molecule has 2 aromatic rings. The van der Waals surface area contributed by atoms with Crippen LogP contribution in [0.1, 0.15) is 5.56 Å². The van der Waals surface area contributed by atoms with Gasteiger partial charge in [-0.15, -0.1) is 0 Å². The highest BCUT2D eigenvalue weighted by atomic mass is 19.1. The first-order valence-electron chi connectivity index (χ1n) is 4.94. The van der Waals surface area contributed by atoms with Crippen LogP contribution in [0, 0.1) is 5.82 Å². The molecule has 0 amide bonds. The number of aromatic nitrogens is 2. The third-order valence-electron chi connectivity index (χ3n) is 2.07. The lowest BCUT2D eigenvalue weighted by molar-refractivity contribution is 0.293. The van der Waals surface area contributed by atoms with Crippen LogP contribution in [-0.4, -0.2) is 9.97 Å². The van der Waals surface area contributed by atoms with Gasteiger partial charge in [-0.1, -0.05) is 12.1 Å². The van der Waals surface area contributed by atoms with E-state index in [1.807, 2.05) is 0 Å². The molecule has 0 unspecified atom stereocenters. The lowest BCUT2D eigenvalue weighted by Crippen LogP contribution is -2.11. The fraction of sp³-hybridized carbons (Fsp3) is 0.0909. The van der Waals surface area contributed by atoms with E-state index < -0.39 is 0 Å². The van der Waals surface area contributed by atoms with Crippen LogP contribution in [0.25, 0.3) is 0 Å². The molecule has 0 aliphatic heterocycles. The number of hydrogen-bond donors (Lipinski definition) is 2. The minimum absolute atomic E-state index is 0.200. The molecule has 2 rings (SSSR count). The second kappa shape index (κ2) is 5.22. The van der Waals surface area contributed by atoms with Gasteiger partial charge in [-0.25, -0.2) is 20.2 Å². The standard InChI is InChI=1S/C11H11FN4O/c12-9-3-1-2-8(6-9)7-17-11-10(16-13)14-4-5-15-11/h1-6H,7,13H2,(H,14,16).